The number of ether oxygens (including phenoxy) is 1. The highest BCUT2D eigenvalue weighted by atomic mass is 79.9. The fraction of sp³-hybridized carbons (Fsp3) is 0.0455. The van der Waals surface area contributed by atoms with Crippen LogP contribution in [0.5, 0.6) is 5.75 Å². The molecule has 5 nitrogen and oxygen atoms in total. The molecule has 0 N–H and O–H groups in total. The number of halogens is 5. The van der Waals surface area contributed by atoms with Gasteiger partial charge in [-0.25, -0.2) is 4.90 Å². The monoisotopic (exact) mass is 703 g/mol. The van der Waals surface area contributed by atoms with Crippen molar-refractivity contribution in [3.05, 3.63) is 88.1 Å². The van der Waals surface area contributed by atoms with Crippen LogP contribution in [0.25, 0.3) is 0 Å². The van der Waals surface area contributed by atoms with E-state index < -0.39 is 17.8 Å². The third-order valence-corrected chi connectivity index (χ3v) is 9.69. The molecule has 1 aliphatic heterocycles. The van der Waals surface area contributed by atoms with E-state index in [-0.39, 0.29) is 23.3 Å². The lowest BCUT2D eigenvalue weighted by Gasteiger charge is -2.15. The van der Waals surface area contributed by atoms with E-state index in [0.717, 1.165) is 10.5 Å². The molecule has 0 aliphatic carbocycles. The Bertz CT molecular complexity index is 1250. The normalized spacial score (nSPS) is 12.8. The Kier molecular flexibility index (Phi) is 6.93. The highest BCUT2D eigenvalue weighted by Crippen LogP contribution is 2.46. The molecule has 1 heterocycles. The Balaban J connectivity index is 1.61. The second-order valence-electron chi connectivity index (χ2n) is 6.73. The van der Waals surface area contributed by atoms with Crippen molar-refractivity contribution in [1.29, 1.82) is 0 Å². The number of carbonyl (C=O) groups excluding carboxylic acids is 3. The Hall–Kier alpha value is -1.52. The molecule has 3 aromatic rings. The average Bonchev–Trinajstić information content (AvgIpc) is 3.02. The van der Waals surface area contributed by atoms with Crippen LogP contribution in [0.3, 0.4) is 0 Å². The molecule has 0 bridgehead atoms. The first-order valence-corrected chi connectivity index (χ1v) is 12.5. The van der Waals surface area contributed by atoms with E-state index >= 15 is 0 Å². The number of hydrogen-bond donors (Lipinski definition) is 0. The van der Waals surface area contributed by atoms with Gasteiger partial charge in [0, 0.05) is 29.0 Å². The van der Waals surface area contributed by atoms with Gasteiger partial charge in [0.25, 0.3) is 11.8 Å². The second kappa shape index (κ2) is 9.38. The number of carbonyl (C=O) groups is 3. The maximum atomic E-state index is 13.1. The summed E-state index contributed by atoms with van der Waals surface area (Å²) < 4.78 is 7.58. The lowest BCUT2D eigenvalue weighted by molar-refractivity contribution is -0.133. The highest BCUT2D eigenvalue weighted by molar-refractivity contribution is 9.15. The first kappa shape index (κ1) is 23.6. The van der Waals surface area contributed by atoms with Gasteiger partial charge in [0.05, 0.1) is 23.2 Å². The zero-order valence-corrected chi connectivity index (χ0v) is 22.9. The molecule has 0 saturated heterocycles. The molecular formula is C22H10Br4ClNO4. The molecule has 0 unspecified atom stereocenters. The van der Waals surface area contributed by atoms with Gasteiger partial charge in [-0.1, -0.05) is 29.8 Å². The first-order chi connectivity index (χ1) is 15.2. The van der Waals surface area contributed by atoms with Crippen LogP contribution < -0.4 is 9.64 Å². The van der Waals surface area contributed by atoms with Gasteiger partial charge in [-0.15, -0.1) is 0 Å². The first-order valence-electron chi connectivity index (χ1n) is 8.99. The van der Waals surface area contributed by atoms with Gasteiger partial charge < -0.3 is 4.74 Å². The minimum Gasteiger partial charge on any atom is -0.426 e. The van der Waals surface area contributed by atoms with Crippen molar-refractivity contribution in [1.82, 2.24) is 0 Å². The Morgan fingerprint density at radius 1 is 0.844 bits per heavy atom. The van der Waals surface area contributed by atoms with Crippen molar-refractivity contribution in [3.8, 4) is 5.75 Å². The molecule has 0 saturated carbocycles. The van der Waals surface area contributed by atoms with E-state index in [0.29, 0.717) is 28.6 Å². The molecule has 10 heteroatoms. The Morgan fingerprint density at radius 2 is 1.41 bits per heavy atom. The predicted octanol–water partition coefficient (Wildman–Crippen LogP) is 7.34. The summed E-state index contributed by atoms with van der Waals surface area (Å²) in [6, 6.07) is 13.1. The standard InChI is InChI=1S/C22H10Br4ClNO4/c23-17-15-16(18(24)20(26)19(17)25)22(31)28(21(15)30)12-2-1-3-13(9-12)32-14(29)8-10-4-6-11(27)7-5-10/h1-7,9H,8H2. The molecule has 0 radical (unpaired) electrons. The van der Waals surface area contributed by atoms with Crippen molar-refractivity contribution in [3.63, 3.8) is 0 Å². The molecule has 2 amide bonds. The number of imide groups is 1. The van der Waals surface area contributed by atoms with Crippen molar-refractivity contribution >= 4 is 98.8 Å². The summed E-state index contributed by atoms with van der Waals surface area (Å²) in [6.45, 7) is 0. The average molecular weight is 707 g/mol. The number of fused-ring (bicyclic) bond motifs is 1. The van der Waals surface area contributed by atoms with Gasteiger partial charge >= 0.3 is 5.97 Å². The summed E-state index contributed by atoms with van der Waals surface area (Å²) in [5.74, 6) is -1.24. The maximum Gasteiger partial charge on any atom is 0.315 e. The van der Waals surface area contributed by atoms with Gasteiger partial charge in [-0.2, -0.15) is 0 Å². The van der Waals surface area contributed by atoms with E-state index in [9.17, 15) is 14.4 Å². The van der Waals surface area contributed by atoms with E-state index in [1.54, 1.807) is 42.5 Å². The summed E-state index contributed by atoms with van der Waals surface area (Å²) in [6.07, 6.45) is 0.0519. The molecule has 0 aromatic heterocycles. The van der Waals surface area contributed by atoms with E-state index in [4.69, 9.17) is 16.3 Å². The van der Waals surface area contributed by atoms with Crippen molar-refractivity contribution in [2.75, 3.05) is 4.90 Å². The Morgan fingerprint density at radius 3 is 1.97 bits per heavy atom. The van der Waals surface area contributed by atoms with Crippen LogP contribution in [0.15, 0.2) is 66.4 Å². The third kappa shape index (κ3) is 4.33. The van der Waals surface area contributed by atoms with Crippen LogP contribution in [-0.4, -0.2) is 17.8 Å². The van der Waals surface area contributed by atoms with Gasteiger partial charge in [-0.3, -0.25) is 14.4 Å². The number of amides is 2. The molecule has 4 rings (SSSR count). The smallest absolute Gasteiger partial charge is 0.315 e. The molecule has 1 aliphatic rings. The minimum absolute atomic E-state index is 0.0519. The summed E-state index contributed by atoms with van der Waals surface area (Å²) in [7, 11) is 0. The van der Waals surface area contributed by atoms with Gasteiger partial charge in [0.2, 0.25) is 0 Å². The number of benzene rings is 3. The number of esters is 1. The van der Waals surface area contributed by atoms with Gasteiger partial charge in [0.15, 0.2) is 0 Å². The zero-order chi connectivity index (χ0) is 23.2. The van der Waals surface area contributed by atoms with Crippen LogP contribution in [0.2, 0.25) is 5.02 Å². The molecule has 3 aromatic carbocycles. The fourth-order valence-corrected chi connectivity index (χ4v) is 5.79. The maximum absolute atomic E-state index is 13.1. The molecular weight excluding hydrogens is 697 g/mol. The van der Waals surface area contributed by atoms with Crippen molar-refractivity contribution < 1.29 is 19.1 Å². The summed E-state index contributed by atoms with van der Waals surface area (Å²) in [5.41, 5.74) is 1.52. The predicted molar refractivity (Wildman–Crippen MR) is 136 cm³/mol. The van der Waals surface area contributed by atoms with Crippen LogP contribution >= 0.6 is 75.3 Å². The van der Waals surface area contributed by atoms with Crippen LogP contribution in [0.4, 0.5) is 5.69 Å². The van der Waals surface area contributed by atoms with Gasteiger partial charge in [-0.05, 0) is 93.5 Å². The topological polar surface area (TPSA) is 63.7 Å². The van der Waals surface area contributed by atoms with Crippen molar-refractivity contribution in [2.45, 2.75) is 6.42 Å². The molecule has 32 heavy (non-hydrogen) atoms. The van der Waals surface area contributed by atoms with Crippen LogP contribution in [-0.2, 0) is 11.2 Å². The van der Waals surface area contributed by atoms with Crippen LogP contribution in [0.1, 0.15) is 26.3 Å². The minimum atomic E-state index is -0.490. The molecule has 0 atom stereocenters. The van der Waals surface area contributed by atoms with Crippen molar-refractivity contribution in [2.24, 2.45) is 0 Å². The van der Waals surface area contributed by atoms with Gasteiger partial charge in [0.1, 0.15) is 5.75 Å². The SMILES string of the molecule is O=C(Cc1ccc(Cl)cc1)Oc1cccc(N2C(=O)c3c(Br)c(Br)c(Br)c(Br)c3C2=O)c1. The lowest BCUT2D eigenvalue weighted by Crippen LogP contribution is -2.29. The number of nitrogens with zero attached hydrogens (tertiary/aromatic N) is 1. The third-order valence-electron chi connectivity index (χ3n) is 4.67. The molecule has 162 valence electrons. The zero-order valence-electron chi connectivity index (χ0n) is 15.8. The second-order valence-corrected chi connectivity index (χ2v) is 10.3. The quantitative estimate of drug-likeness (QED) is 0.0937. The highest BCUT2D eigenvalue weighted by Gasteiger charge is 2.42. The van der Waals surface area contributed by atoms with E-state index in [1.807, 2.05) is 0 Å². The van der Waals surface area contributed by atoms with Crippen LogP contribution in [0, 0.1) is 0 Å². The van der Waals surface area contributed by atoms with E-state index in [1.165, 1.54) is 6.07 Å². The fourth-order valence-electron chi connectivity index (χ4n) is 3.21. The summed E-state index contributed by atoms with van der Waals surface area (Å²) in [4.78, 5) is 39.7. The number of hydrogen-bond acceptors (Lipinski definition) is 4. The molecule has 0 fully saturated rings. The molecule has 0 spiro atoms. The number of anilines is 1. The van der Waals surface area contributed by atoms with E-state index in [2.05, 4.69) is 63.7 Å². The number of rotatable bonds is 4. The summed E-state index contributed by atoms with van der Waals surface area (Å²) >= 11 is 19.5. The summed E-state index contributed by atoms with van der Waals surface area (Å²) in [5, 5.41) is 0.577. The lowest BCUT2D eigenvalue weighted by atomic mass is 10.1. The largest absolute Gasteiger partial charge is 0.426 e. The Labute approximate surface area is 221 Å².